The summed E-state index contributed by atoms with van der Waals surface area (Å²) in [7, 11) is 0. The molecule has 1 aliphatic rings. The number of carbonyl (C=O) groups is 1. The molecule has 110 valence electrons. The number of aromatic nitrogens is 1. The first kappa shape index (κ1) is 14.2. The fourth-order valence-corrected chi connectivity index (χ4v) is 3.08. The van der Waals surface area contributed by atoms with E-state index in [4.69, 9.17) is 4.74 Å². The predicted octanol–water partition coefficient (Wildman–Crippen LogP) is 3.48. The van der Waals surface area contributed by atoms with Gasteiger partial charge in [0.1, 0.15) is 0 Å². The highest BCUT2D eigenvalue weighted by atomic mass is 32.1. The van der Waals surface area contributed by atoms with Crippen molar-refractivity contribution in [3.63, 3.8) is 0 Å². The summed E-state index contributed by atoms with van der Waals surface area (Å²) in [5.41, 5.74) is 3.20. The first-order chi connectivity index (χ1) is 10.2. The minimum atomic E-state index is 0.0467. The minimum Gasteiger partial charge on any atom is -0.381 e. The van der Waals surface area contributed by atoms with Gasteiger partial charge in [0, 0.05) is 30.1 Å². The van der Waals surface area contributed by atoms with Crippen LogP contribution < -0.4 is 5.32 Å². The van der Waals surface area contributed by atoms with Gasteiger partial charge < -0.3 is 10.1 Å². The molecule has 1 amide bonds. The van der Waals surface area contributed by atoms with Crippen LogP contribution in [-0.2, 0) is 9.53 Å². The third-order valence-electron chi connectivity index (χ3n) is 3.67. The van der Waals surface area contributed by atoms with Crippen molar-refractivity contribution in [2.45, 2.75) is 19.8 Å². The van der Waals surface area contributed by atoms with Gasteiger partial charge in [0.25, 0.3) is 0 Å². The van der Waals surface area contributed by atoms with Crippen LogP contribution in [0.1, 0.15) is 18.4 Å². The van der Waals surface area contributed by atoms with Crippen molar-refractivity contribution in [3.8, 4) is 11.3 Å². The van der Waals surface area contributed by atoms with E-state index in [2.05, 4.69) is 41.5 Å². The summed E-state index contributed by atoms with van der Waals surface area (Å²) >= 11 is 1.47. The lowest BCUT2D eigenvalue weighted by Crippen LogP contribution is -2.28. The molecular formula is C16H18N2O2S. The van der Waals surface area contributed by atoms with E-state index in [9.17, 15) is 4.79 Å². The normalized spacial score (nSPS) is 15.9. The van der Waals surface area contributed by atoms with Gasteiger partial charge >= 0.3 is 0 Å². The fourth-order valence-electron chi connectivity index (χ4n) is 2.36. The molecule has 1 aromatic heterocycles. The number of aryl methyl sites for hydroxylation is 1. The highest BCUT2D eigenvalue weighted by molar-refractivity contribution is 7.14. The number of hydrogen-bond acceptors (Lipinski definition) is 4. The van der Waals surface area contributed by atoms with Gasteiger partial charge in [0.05, 0.1) is 5.69 Å². The molecule has 0 radical (unpaired) electrons. The Hall–Kier alpha value is -1.72. The summed E-state index contributed by atoms with van der Waals surface area (Å²) in [4.78, 5) is 16.7. The second-order valence-electron chi connectivity index (χ2n) is 5.28. The summed E-state index contributed by atoms with van der Waals surface area (Å²) < 4.78 is 5.28. The van der Waals surface area contributed by atoms with Crippen LogP contribution in [0.3, 0.4) is 0 Å². The molecule has 0 unspecified atom stereocenters. The average molecular weight is 302 g/mol. The molecule has 21 heavy (non-hydrogen) atoms. The molecule has 3 rings (SSSR count). The molecule has 0 bridgehead atoms. The Morgan fingerprint density at radius 1 is 1.29 bits per heavy atom. The molecule has 0 atom stereocenters. The van der Waals surface area contributed by atoms with Gasteiger partial charge in [-0.25, -0.2) is 4.98 Å². The third kappa shape index (κ3) is 3.49. The largest absolute Gasteiger partial charge is 0.381 e. The summed E-state index contributed by atoms with van der Waals surface area (Å²) in [6.07, 6.45) is 1.59. The Morgan fingerprint density at radius 3 is 2.71 bits per heavy atom. The van der Waals surface area contributed by atoms with Crippen molar-refractivity contribution in [2.75, 3.05) is 18.5 Å². The van der Waals surface area contributed by atoms with Crippen LogP contribution in [0.25, 0.3) is 11.3 Å². The van der Waals surface area contributed by atoms with Gasteiger partial charge in [-0.1, -0.05) is 29.8 Å². The van der Waals surface area contributed by atoms with Crippen molar-refractivity contribution in [1.29, 1.82) is 0 Å². The van der Waals surface area contributed by atoms with Gasteiger partial charge in [0.2, 0.25) is 5.91 Å². The van der Waals surface area contributed by atoms with Crippen LogP contribution in [-0.4, -0.2) is 24.1 Å². The van der Waals surface area contributed by atoms with Gasteiger partial charge in [-0.2, -0.15) is 0 Å². The number of carbonyl (C=O) groups excluding carboxylic acids is 1. The smallest absolute Gasteiger partial charge is 0.229 e. The van der Waals surface area contributed by atoms with Crippen LogP contribution in [0.2, 0.25) is 0 Å². The van der Waals surface area contributed by atoms with Gasteiger partial charge in [0.15, 0.2) is 5.13 Å². The first-order valence-electron chi connectivity index (χ1n) is 7.13. The van der Waals surface area contributed by atoms with Crippen LogP contribution in [0.4, 0.5) is 5.13 Å². The molecule has 0 spiro atoms. The molecule has 0 saturated carbocycles. The molecule has 1 saturated heterocycles. The Morgan fingerprint density at radius 2 is 2.00 bits per heavy atom. The fraction of sp³-hybridized carbons (Fsp3) is 0.375. The van der Waals surface area contributed by atoms with E-state index in [0.29, 0.717) is 18.3 Å². The Labute approximate surface area is 128 Å². The average Bonchev–Trinajstić information content (AvgIpc) is 2.97. The van der Waals surface area contributed by atoms with Crippen molar-refractivity contribution < 1.29 is 9.53 Å². The zero-order valence-corrected chi connectivity index (χ0v) is 12.8. The monoisotopic (exact) mass is 302 g/mol. The second kappa shape index (κ2) is 6.37. The van der Waals surface area contributed by atoms with Crippen LogP contribution in [0.15, 0.2) is 29.6 Å². The lowest BCUT2D eigenvalue weighted by molar-refractivity contribution is -0.122. The molecule has 2 heterocycles. The zero-order valence-electron chi connectivity index (χ0n) is 12.0. The van der Waals surface area contributed by atoms with Gasteiger partial charge in [-0.3, -0.25) is 4.79 Å². The van der Waals surface area contributed by atoms with Gasteiger partial charge in [-0.15, -0.1) is 11.3 Å². The van der Waals surface area contributed by atoms with E-state index in [1.807, 2.05) is 5.38 Å². The SMILES string of the molecule is Cc1ccc(-c2csc(NC(=O)C3CCOCC3)n2)cc1. The lowest BCUT2D eigenvalue weighted by atomic mass is 10.00. The highest BCUT2D eigenvalue weighted by Crippen LogP contribution is 2.26. The quantitative estimate of drug-likeness (QED) is 0.944. The van der Waals surface area contributed by atoms with E-state index in [0.717, 1.165) is 24.1 Å². The highest BCUT2D eigenvalue weighted by Gasteiger charge is 2.22. The summed E-state index contributed by atoms with van der Waals surface area (Å²) in [6.45, 7) is 3.40. The first-order valence-corrected chi connectivity index (χ1v) is 8.01. The summed E-state index contributed by atoms with van der Waals surface area (Å²) in [6, 6.07) is 8.23. The zero-order chi connectivity index (χ0) is 14.7. The molecule has 1 aromatic carbocycles. The number of hydrogen-bond donors (Lipinski definition) is 1. The maximum Gasteiger partial charge on any atom is 0.229 e. The van der Waals surface area contributed by atoms with Crippen LogP contribution in [0.5, 0.6) is 0 Å². The van der Waals surface area contributed by atoms with Crippen molar-refractivity contribution in [2.24, 2.45) is 5.92 Å². The predicted molar refractivity (Wildman–Crippen MR) is 84.5 cm³/mol. The molecule has 1 N–H and O–H groups in total. The number of nitrogens with zero attached hydrogens (tertiary/aromatic N) is 1. The summed E-state index contributed by atoms with van der Waals surface area (Å²) in [5, 5.41) is 5.57. The van der Waals surface area contributed by atoms with Crippen molar-refractivity contribution in [1.82, 2.24) is 4.98 Å². The number of nitrogens with one attached hydrogen (secondary N) is 1. The van der Waals surface area contributed by atoms with E-state index >= 15 is 0 Å². The summed E-state index contributed by atoms with van der Waals surface area (Å²) in [5.74, 6) is 0.105. The van der Waals surface area contributed by atoms with Crippen molar-refractivity contribution >= 4 is 22.4 Å². The number of amides is 1. The molecule has 1 aliphatic heterocycles. The minimum absolute atomic E-state index is 0.0467. The van der Waals surface area contributed by atoms with E-state index in [1.165, 1.54) is 16.9 Å². The third-order valence-corrected chi connectivity index (χ3v) is 4.43. The lowest BCUT2D eigenvalue weighted by Gasteiger charge is -2.20. The number of thiazole rings is 1. The van der Waals surface area contributed by atoms with E-state index in [-0.39, 0.29) is 11.8 Å². The molecule has 5 heteroatoms. The topological polar surface area (TPSA) is 51.2 Å². The van der Waals surface area contributed by atoms with E-state index in [1.54, 1.807) is 0 Å². The Bertz CT molecular complexity index is 615. The standard InChI is InChI=1S/C16H18N2O2S/c1-11-2-4-12(5-3-11)14-10-21-16(17-14)18-15(19)13-6-8-20-9-7-13/h2-5,10,13H,6-9H2,1H3,(H,17,18,19). The Kier molecular flexibility index (Phi) is 4.31. The number of anilines is 1. The molecule has 0 aliphatic carbocycles. The van der Waals surface area contributed by atoms with Gasteiger partial charge in [-0.05, 0) is 19.8 Å². The van der Waals surface area contributed by atoms with Crippen molar-refractivity contribution in [3.05, 3.63) is 35.2 Å². The molecule has 2 aromatic rings. The second-order valence-corrected chi connectivity index (χ2v) is 6.14. The number of benzene rings is 1. The molecular weight excluding hydrogens is 284 g/mol. The number of ether oxygens (including phenoxy) is 1. The maximum absolute atomic E-state index is 12.2. The maximum atomic E-state index is 12.2. The van der Waals surface area contributed by atoms with Crippen LogP contribution >= 0.6 is 11.3 Å². The van der Waals surface area contributed by atoms with Crippen LogP contribution in [0, 0.1) is 12.8 Å². The molecule has 1 fully saturated rings. The number of rotatable bonds is 3. The molecule has 4 nitrogen and oxygen atoms in total. The van der Waals surface area contributed by atoms with E-state index < -0.39 is 0 Å². The Balaban J connectivity index is 1.67.